The summed E-state index contributed by atoms with van der Waals surface area (Å²) in [6.45, 7) is 3.69. The molecule has 0 saturated carbocycles. The molecule has 1 rings (SSSR count). The van der Waals surface area contributed by atoms with Crippen LogP contribution >= 0.6 is 0 Å². The van der Waals surface area contributed by atoms with Crippen molar-refractivity contribution in [1.82, 2.24) is 0 Å². The van der Waals surface area contributed by atoms with E-state index < -0.39 is 0 Å². The van der Waals surface area contributed by atoms with Gasteiger partial charge >= 0.3 is 5.97 Å². The molecule has 4 heteroatoms. The summed E-state index contributed by atoms with van der Waals surface area (Å²) in [7, 11) is 3.66. The Bertz CT molecular complexity index is 348. The molecule has 0 unspecified atom stereocenters. The van der Waals surface area contributed by atoms with Crippen molar-refractivity contribution in [3.8, 4) is 0 Å². The second kappa shape index (κ2) is 6.91. The first-order chi connectivity index (χ1) is 8.19. The Labute approximate surface area is 102 Å². The lowest BCUT2D eigenvalue weighted by Gasteiger charge is -2.18. The van der Waals surface area contributed by atoms with Gasteiger partial charge in [-0.1, -0.05) is 0 Å². The Balaban J connectivity index is 2.64. The van der Waals surface area contributed by atoms with Crippen LogP contribution < -0.4 is 4.90 Å². The first-order valence-electron chi connectivity index (χ1n) is 5.66. The molecule has 1 aromatic carbocycles. The summed E-state index contributed by atoms with van der Waals surface area (Å²) in [6, 6.07) is 7.36. The van der Waals surface area contributed by atoms with Gasteiger partial charge < -0.3 is 14.4 Å². The number of nitrogens with zero attached hydrogens (tertiary/aromatic N) is 1. The highest BCUT2D eigenvalue weighted by Crippen LogP contribution is 2.14. The fourth-order valence-corrected chi connectivity index (χ4v) is 1.42. The number of anilines is 1. The highest BCUT2D eigenvalue weighted by Gasteiger charge is 2.06. The minimum absolute atomic E-state index is 0.279. The Morgan fingerprint density at radius 2 is 1.94 bits per heavy atom. The minimum atomic E-state index is -0.279. The van der Waals surface area contributed by atoms with E-state index in [0.29, 0.717) is 18.8 Å². The van der Waals surface area contributed by atoms with E-state index in [2.05, 4.69) is 4.90 Å². The third-order valence-corrected chi connectivity index (χ3v) is 2.45. The molecule has 0 fully saturated rings. The molecular weight excluding hydrogens is 218 g/mol. The van der Waals surface area contributed by atoms with Gasteiger partial charge in [-0.05, 0) is 31.2 Å². The Morgan fingerprint density at radius 1 is 1.29 bits per heavy atom. The van der Waals surface area contributed by atoms with E-state index in [4.69, 9.17) is 9.47 Å². The van der Waals surface area contributed by atoms with E-state index in [1.54, 1.807) is 26.2 Å². The number of carbonyl (C=O) groups excluding carboxylic acids is 1. The molecule has 94 valence electrons. The number of benzene rings is 1. The molecular formula is C13H19NO3. The second-order valence-corrected chi connectivity index (χ2v) is 3.68. The average molecular weight is 237 g/mol. The number of ether oxygens (including phenoxy) is 2. The van der Waals surface area contributed by atoms with Gasteiger partial charge in [0, 0.05) is 26.4 Å². The van der Waals surface area contributed by atoms with Crippen molar-refractivity contribution in [2.24, 2.45) is 0 Å². The first-order valence-corrected chi connectivity index (χ1v) is 5.66. The molecule has 17 heavy (non-hydrogen) atoms. The standard InChI is InChI=1S/C13H19NO3/c1-4-17-13(15)11-5-7-12(8-6-11)14(2)9-10-16-3/h5-8H,4,9-10H2,1-3H3. The molecule has 0 heterocycles. The smallest absolute Gasteiger partial charge is 0.338 e. The second-order valence-electron chi connectivity index (χ2n) is 3.68. The van der Waals surface area contributed by atoms with Gasteiger partial charge in [-0.25, -0.2) is 4.79 Å². The summed E-state index contributed by atoms with van der Waals surface area (Å²) in [5.74, 6) is -0.279. The highest BCUT2D eigenvalue weighted by molar-refractivity contribution is 5.89. The van der Waals surface area contributed by atoms with Crippen LogP contribution in [0.25, 0.3) is 0 Å². The van der Waals surface area contributed by atoms with Gasteiger partial charge in [0.15, 0.2) is 0 Å². The van der Waals surface area contributed by atoms with E-state index in [-0.39, 0.29) is 5.97 Å². The van der Waals surface area contributed by atoms with E-state index in [9.17, 15) is 4.79 Å². The van der Waals surface area contributed by atoms with Gasteiger partial charge in [-0.3, -0.25) is 0 Å². The van der Waals surface area contributed by atoms with Crippen LogP contribution in [-0.4, -0.2) is 39.9 Å². The van der Waals surface area contributed by atoms with Gasteiger partial charge in [0.05, 0.1) is 18.8 Å². The van der Waals surface area contributed by atoms with Crippen molar-refractivity contribution in [2.75, 3.05) is 38.8 Å². The molecule has 0 aliphatic carbocycles. The normalized spacial score (nSPS) is 10.1. The molecule has 4 nitrogen and oxygen atoms in total. The Hall–Kier alpha value is -1.55. The topological polar surface area (TPSA) is 38.8 Å². The summed E-state index contributed by atoms with van der Waals surface area (Å²) in [5.41, 5.74) is 1.63. The van der Waals surface area contributed by atoms with E-state index >= 15 is 0 Å². The summed E-state index contributed by atoms with van der Waals surface area (Å²) in [4.78, 5) is 13.5. The fourth-order valence-electron chi connectivity index (χ4n) is 1.42. The minimum Gasteiger partial charge on any atom is -0.462 e. The number of esters is 1. The Morgan fingerprint density at radius 3 is 2.47 bits per heavy atom. The predicted molar refractivity (Wildman–Crippen MR) is 67.5 cm³/mol. The molecule has 0 saturated heterocycles. The molecule has 0 aliphatic rings. The van der Waals surface area contributed by atoms with Gasteiger partial charge in [0.2, 0.25) is 0 Å². The van der Waals surface area contributed by atoms with Crippen LogP contribution in [0.2, 0.25) is 0 Å². The van der Waals surface area contributed by atoms with E-state index in [1.807, 2.05) is 19.2 Å². The maximum Gasteiger partial charge on any atom is 0.338 e. The lowest BCUT2D eigenvalue weighted by atomic mass is 10.2. The molecule has 0 amide bonds. The van der Waals surface area contributed by atoms with Crippen molar-refractivity contribution in [3.63, 3.8) is 0 Å². The van der Waals surface area contributed by atoms with Crippen molar-refractivity contribution >= 4 is 11.7 Å². The number of methoxy groups -OCH3 is 1. The molecule has 0 bridgehead atoms. The molecule has 0 aliphatic heterocycles. The van der Waals surface area contributed by atoms with Crippen LogP contribution in [0.15, 0.2) is 24.3 Å². The molecule has 0 N–H and O–H groups in total. The third-order valence-electron chi connectivity index (χ3n) is 2.45. The van der Waals surface area contributed by atoms with Gasteiger partial charge in [-0.15, -0.1) is 0 Å². The number of likely N-dealkylation sites (N-methyl/N-ethyl adjacent to an activating group) is 1. The van der Waals surface area contributed by atoms with Crippen molar-refractivity contribution < 1.29 is 14.3 Å². The molecule has 1 aromatic rings. The molecule has 0 spiro atoms. The van der Waals surface area contributed by atoms with Gasteiger partial charge in [0.1, 0.15) is 0 Å². The lowest BCUT2D eigenvalue weighted by molar-refractivity contribution is 0.0526. The van der Waals surface area contributed by atoms with Crippen LogP contribution in [0, 0.1) is 0 Å². The van der Waals surface area contributed by atoms with Crippen molar-refractivity contribution in [2.45, 2.75) is 6.92 Å². The maximum absolute atomic E-state index is 11.4. The first kappa shape index (κ1) is 13.5. The molecule has 0 radical (unpaired) electrons. The van der Waals surface area contributed by atoms with Crippen LogP contribution in [-0.2, 0) is 9.47 Å². The summed E-state index contributed by atoms with van der Waals surface area (Å²) in [5, 5.41) is 0. The van der Waals surface area contributed by atoms with Crippen molar-refractivity contribution in [1.29, 1.82) is 0 Å². The Kier molecular flexibility index (Phi) is 5.49. The zero-order valence-corrected chi connectivity index (χ0v) is 10.6. The highest BCUT2D eigenvalue weighted by atomic mass is 16.5. The largest absolute Gasteiger partial charge is 0.462 e. The molecule has 0 atom stereocenters. The van der Waals surface area contributed by atoms with Crippen LogP contribution in [0.1, 0.15) is 17.3 Å². The van der Waals surface area contributed by atoms with Gasteiger partial charge in [0.25, 0.3) is 0 Å². The summed E-state index contributed by atoms with van der Waals surface area (Å²) < 4.78 is 9.93. The quantitative estimate of drug-likeness (QED) is 0.709. The zero-order chi connectivity index (χ0) is 12.7. The van der Waals surface area contributed by atoms with Crippen LogP contribution in [0.5, 0.6) is 0 Å². The SMILES string of the molecule is CCOC(=O)c1ccc(N(C)CCOC)cc1. The van der Waals surface area contributed by atoms with Crippen molar-refractivity contribution in [3.05, 3.63) is 29.8 Å². The lowest BCUT2D eigenvalue weighted by Crippen LogP contribution is -2.22. The van der Waals surface area contributed by atoms with E-state index in [0.717, 1.165) is 12.2 Å². The van der Waals surface area contributed by atoms with Gasteiger partial charge in [-0.2, -0.15) is 0 Å². The fraction of sp³-hybridized carbons (Fsp3) is 0.462. The average Bonchev–Trinajstić information content (AvgIpc) is 2.36. The summed E-state index contributed by atoms with van der Waals surface area (Å²) >= 11 is 0. The summed E-state index contributed by atoms with van der Waals surface area (Å²) in [6.07, 6.45) is 0. The van der Waals surface area contributed by atoms with Crippen LogP contribution in [0.4, 0.5) is 5.69 Å². The number of hydrogen-bond donors (Lipinski definition) is 0. The number of rotatable bonds is 6. The number of hydrogen-bond acceptors (Lipinski definition) is 4. The third kappa shape index (κ3) is 4.07. The van der Waals surface area contributed by atoms with E-state index in [1.165, 1.54) is 0 Å². The molecule has 0 aromatic heterocycles. The number of carbonyl (C=O) groups is 1. The predicted octanol–water partition coefficient (Wildman–Crippen LogP) is 1.95. The maximum atomic E-state index is 11.4. The van der Waals surface area contributed by atoms with Crippen LogP contribution in [0.3, 0.4) is 0 Å². The zero-order valence-electron chi connectivity index (χ0n) is 10.6. The monoisotopic (exact) mass is 237 g/mol.